The first kappa shape index (κ1) is 18.7. The minimum absolute atomic E-state index is 0.253. The second-order valence-electron chi connectivity index (χ2n) is 6.77. The lowest BCUT2D eigenvalue weighted by Gasteiger charge is -2.14. The summed E-state index contributed by atoms with van der Waals surface area (Å²) in [6.07, 6.45) is 2.48. The van der Waals surface area contributed by atoms with Gasteiger partial charge in [-0.1, -0.05) is 55.5 Å². The second kappa shape index (κ2) is 8.14. The van der Waals surface area contributed by atoms with E-state index in [0.29, 0.717) is 23.9 Å². The largest absolute Gasteiger partial charge is 0.441 e. The molecule has 29 heavy (non-hydrogen) atoms. The van der Waals surface area contributed by atoms with Gasteiger partial charge in [-0.3, -0.25) is 4.79 Å². The minimum Gasteiger partial charge on any atom is -0.441 e. The van der Waals surface area contributed by atoms with Crippen LogP contribution in [0, 0.1) is 6.92 Å². The van der Waals surface area contributed by atoms with Gasteiger partial charge >= 0.3 is 0 Å². The fourth-order valence-corrected chi connectivity index (χ4v) is 3.18. The van der Waals surface area contributed by atoms with Crippen LogP contribution in [0.2, 0.25) is 0 Å². The van der Waals surface area contributed by atoms with Gasteiger partial charge in [-0.2, -0.15) is 0 Å². The quantitative estimate of drug-likeness (QED) is 0.493. The van der Waals surface area contributed by atoms with E-state index in [1.165, 1.54) is 0 Å². The van der Waals surface area contributed by atoms with E-state index in [0.717, 1.165) is 16.8 Å². The Hall–Kier alpha value is -3.67. The van der Waals surface area contributed by atoms with Crippen LogP contribution in [0.15, 0.2) is 71.3 Å². The summed E-state index contributed by atoms with van der Waals surface area (Å²) >= 11 is 0. The lowest BCUT2D eigenvalue weighted by atomic mass is 10.2. The topological polar surface area (TPSA) is 83.8 Å². The third-order valence-electron chi connectivity index (χ3n) is 4.76. The lowest BCUT2D eigenvalue weighted by Crippen LogP contribution is -2.29. The van der Waals surface area contributed by atoms with Crippen LogP contribution >= 0.6 is 0 Å². The molecule has 0 spiro atoms. The Morgan fingerprint density at radius 2 is 1.72 bits per heavy atom. The molecule has 0 aliphatic carbocycles. The highest BCUT2D eigenvalue weighted by atomic mass is 16.4. The number of carbonyl (C=O) groups is 1. The van der Waals surface area contributed by atoms with E-state index in [1.807, 2.05) is 67.6 Å². The first-order chi connectivity index (χ1) is 14.2. The van der Waals surface area contributed by atoms with E-state index in [2.05, 4.69) is 20.3 Å². The molecule has 0 fully saturated rings. The summed E-state index contributed by atoms with van der Waals surface area (Å²) in [4.78, 5) is 25.0. The number of amides is 1. The zero-order chi connectivity index (χ0) is 20.2. The van der Waals surface area contributed by atoms with E-state index in [-0.39, 0.29) is 17.6 Å². The van der Waals surface area contributed by atoms with Gasteiger partial charge in [0.2, 0.25) is 5.89 Å². The predicted molar refractivity (Wildman–Crippen MR) is 111 cm³/mol. The molecule has 6 nitrogen and oxygen atoms in total. The number of rotatable bonds is 6. The van der Waals surface area contributed by atoms with Crippen molar-refractivity contribution >= 4 is 5.91 Å². The molecule has 0 saturated heterocycles. The average molecular weight is 386 g/mol. The smallest absolute Gasteiger partial charge is 0.274 e. The molecule has 2 heterocycles. The SMILES string of the molecule is CCC(NC(=O)c1nc(-c2ccccc2)oc1C)c1ncc(-c2ccccc2)[nH]1. The molecule has 146 valence electrons. The van der Waals surface area contributed by atoms with Gasteiger partial charge in [0.25, 0.3) is 5.91 Å². The van der Waals surface area contributed by atoms with E-state index >= 15 is 0 Å². The van der Waals surface area contributed by atoms with Crippen LogP contribution in [0.5, 0.6) is 0 Å². The first-order valence-corrected chi connectivity index (χ1v) is 9.59. The highest BCUT2D eigenvalue weighted by molar-refractivity contribution is 5.93. The zero-order valence-corrected chi connectivity index (χ0v) is 16.3. The van der Waals surface area contributed by atoms with E-state index in [9.17, 15) is 4.79 Å². The Balaban J connectivity index is 1.53. The molecule has 0 radical (unpaired) electrons. The molecule has 4 rings (SSSR count). The summed E-state index contributed by atoms with van der Waals surface area (Å²) in [5.74, 6) is 1.35. The standard InChI is InChI=1S/C23H22N4O2/c1-3-18(21-24-14-19(25-21)16-10-6-4-7-11-16)26-22(28)20-15(2)29-23(27-20)17-12-8-5-9-13-17/h4-14,18H,3H2,1-2H3,(H,24,25)(H,26,28). The van der Waals surface area contributed by atoms with Crippen molar-refractivity contribution in [1.82, 2.24) is 20.3 Å². The Morgan fingerprint density at radius 1 is 1.07 bits per heavy atom. The number of carbonyl (C=O) groups excluding carboxylic acids is 1. The summed E-state index contributed by atoms with van der Waals surface area (Å²) in [5, 5.41) is 3.01. The third-order valence-corrected chi connectivity index (χ3v) is 4.76. The molecular weight excluding hydrogens is 364 g/mol. The summed E-state index contributed by atoms with van der Waals surface area (Å²) in [6, 6.07) is 19.2. The maximum Gasteiger partial charge on any atom is 0.274 e. The van der Waals surface area contributed by atoms with Gasteiger partial charge in [-0.15, -0.1) is 0 Å². The fourth-order valence-electron chi connectivity index (χ4n) is 3.18. The predicted octanol–water partition coefficient (Wildman–Crippen LogP) is 4.92. The number of benzene rings is 2. The molecule has 2 N–H and O–H groups in total. The minimum atomic E-state index is -0.280. The molecule has 0 aliphatic heterocycles. The molecule has 4 aromatic rings. The molecule has 1 atom stereocenters. The van der Waals surface area contributed by atoms with Gasteiger partial charge < -0.3 is 14.7 Å². The maximum atomic E-state index is 12.9. The van der Waals surface area contributed by atoms with Crippen LogP contribution < -0.4 is 5.32 Å². The van der Waals surface area contributed by atoms with Crippen LogP contribution in [0.4, 0.5) is 0 Å². The molecule has 2 aromatic heterocycles. The van der Waals surface area contributed by atoms with Crippen LogP contribution in [-0.4, -0.2) is 20.9 Å². The van der Waals surface area contributed by atoms with Crippen LogP contribution in [0.1, 0.15) is 41.5 Å². The van der Waals surface area contributed by atoms with Gasteiger partial charge in [0, 0.05) is 5.56 Å². The number of oxazole rings is 1. The molecule has 1 amide bonds. The Bertz CT molecular complexity index is 1100. The van der Waals surface area contributed by atoms with Gasteiger partial charge in [0.1, 0.15) is 11.6 Å². The second-order valence-corrected chi connectivity index (χ2v) is 6.77. The fraction of sp³-hybridized carbons (Fsp3) is 0.174. The molecule has 0 aliphatic rings. The van der Waals surface area contributed by atoms with Crippen molar-refractivity contribution in [3.63, 3.8) is 0 Å². The molecule has 0 saturated carbocycles. The van der Waals surface area contributed by atoms with Crippen molar-refractivity contribution in [2.24, 2.45) is 0 Å². The first-order valence-electron chi connectivity index (χ1n) is 9.59. The Kier molecular flexibility index (Phi) is 5.24. The molecular formula is C23H22N4O2. The zero-order valence-electron chi connectivity index (χ0n) is 16.3. The number of nitrogens with zero attached hydrogens (tertiary/aromatic N) is 2. The number of imidazole rings is 1. The number of hydrogen-bond acceptors (Lipinski definition) is 4. The summed E-state index contributed by atoms with van der Waals surface area (Å²) < 4.78 is 5.71. The van der Waals surface area contributed by atoms with E-state index in [4.69, 9.17) is 4.42 Å². The van der Waals surface area contributed by atoms with Crippen molar-refractivity contribution in [1.29, 1.82) is 0 Å². The van der Waals surface area contributed by atoms with Gasteiger partial charge in [0.15, 0.2) is 5.69 Å². The van der Waals surface area contributed by atoms with Crippen LogP contribution in [0.3, 0.4) is 0 Å². The van der Waals surface area contributed by atoms with Crippen molar-refractivity contribution in [3.05, 3.63) is 84.1 Å². The van der Waals surface area contributed by atoms with Gasteiger partial charge in [-0.25, -0.2) is 9.97 Å². The summed E-state index contributed by atoms with van der Waals surface area (Å²) in [5.41, 5.74) is 3.09. The summed E-state index contributed by atoms with van der Waals surface area (Å²) in [6.45, 7) is 3.75. The lowest BCUT2D eigenvalue weighted by molar-refractivity contribution is 0.0928. The number of nitrogens with one attached hydrogen (secondary N) is 2. The monoisotopic (exact) mass is 386 g/mol. The Labute approximate surface area is 169 Å². The highest BCUT2D eigenvalue weighted by Crippen LogP contribution is 2.23. The van der Waals surface area contributed by atoms with Crippen molar-refractivity contribution < 1.29 is 9.21 Å². The van der Waals surface area contributed by atoms with Crippen molar-refractivity contribution in [3.8, 4) is 22.7 Å². The normalized spacial score (nSPS) is 11.9. The maximum absolute atomic E-state index is 12.9. The van der Waals surface area contributed by atoms with Crippen LogP contribution in [0.25, 0.3) is 22.7 Å². The van der Waals surface area contributed by atoms with Crippen LogP contribution in [-0.2, 0) is 0 Å². The highest BCUT2D eigenvalue weighted by Gasteiger charge is 2.22. The number of aromatic amines is 1. The number of aryl methyl sites for hydroxylation is 1. The van der Waals surface area contributed by atoms with E-state index < -0.39 is 0 Å². The number of hydrogen-bond donors (Lipinski definition) is 2. The summed E-state index contributed by atoms with van der Waals surface area (Å²) in [7, 11) is 0. The van der Waals surface area contributed by atoms with Crippen molar-refractivity contribution in [2.75, 3.05) is 0 Å². The van der Waals surface area contributed by atoms with E-state index in [1.54, 1.807) is 13.1 Å². The average Bonchev–Trinajstić information content (AvgIpc) is 3.40. The number of H-pyrrole nitrogens is 1. The van der Waals surface area contributed by atoms with Gasteiger partial charge in [0.05, 0.1) is 17.9 Å². The van der Waals surface area contributed by atoms with Crippen molar-refractivity contribution in [2.45, 2.75) is 26.3 Å². The molecule has 0 bridgehead atoms. The molecule has 6 heteroatoms. The molecule has 2 aromatic carbocycles. The Morgan fingerprint density at radius 3 is 2.38 bits per heavy atom. The number of aromatic nitrogens is 3. The van der Waals surface area contributed by atoms with Gasteiger partial charge in [-0.05, 0) is 31.0 Å². The third kappa shape index (κ3) is 3.96. The molecule has 1 unspecified atom stereocenters.